The van der Waals surface area contributed by atoms with Crippen molar-refractivity contribution in [3.8, 4) is 11.8 Å². The molecule has 0 saturated heterocycles. The van der Waals surface area contributed by atoms with Gasteiger partial charge in [-0.05, 0) is 31.4 Å². The van der Waals surface area contributed by atoms with Gasteiger partial charge >= 0.3 is 0 Å². The van der Waals surface area contributed by atoms with Crippen LogP contribution in [-0.2, 0) is 0 Å². The van der Waals surface area contributed by atoms with Gasteiger partial charge in [0.2, 0.25) is 0 Å². The highest BCUT2D eigenvalue weighted by Gasteiger charge is 2.27. The van der Waals surface area contributed by atoms with E-state index in [1.54, 1.807) is 6.07 Å². The van der Waals surface area contributed by atoms with Crippen molar-refractivity contribution in [1.29, 1.82) is 5.26 Å². The quantitative estimate of drug-likeness (QED) is 0.800. The Labute approximate surface area is 100.0 Å². The van der Waals surface area contributed by atoms with E-state index >= 15 is 0 Å². The highest BCUT2D eigenvalue weighted by Crippen LogP contribution is 2.29. The van der Waals surface area contributed by atoms with Crippen LogP contribution in [0.2, 0.25) is 0 Å². The molecule has 17 heavy (non-hydrogen) atoms. The van der Waals surface area contributed by atoms with Crippen LogP contribution in [0.25, 0.3) is 0 Å². The standard InChI is InChI=1S/C13H15FN2O/c14-11-7-10(16)5-6-13(11)17-12-4-2-1-3-9(12)8-15/h5-7,9,12H,1-4,16H2. The predicted molar refractivity (Wildman–Crippen MR) is 62.8 cm³/mol. The van der Waals surface area contributed by atoms with E-state index in [0.29, 0.717) is 5.69 Å². The SMILES string of the molecule is N#CC1CCCCC1Oc1ccc(N)cc1F. The molecule has 1 aliphatic carbocycles. The van der Waals surface area contributed by atoms with Crippen LogP contribution in [-0.4, -0.2) is 6.10 Å². The highest BCUT2D eigenvalue weighted by atomic mass is 19.1. The summed E-state index contributed by atoms with van der Waals surface area (Å²) >= 11 is 0. The second-order valence-electron chi connectivity index (χ2n) is 4.37. The van der Waals surface area contributed by atoms with Crippen molar-refractivity contribution < 1.29 is 9.13 Å². The molecule has 1 aromatic carbocycles. The summed E-state index contributed by atoms with van der Waals surface area (Å²) in [7, 11) is 0. The predicted octanol–water partition coefficient (Wildman–Crippen LogP) is 2.87. The summed E-state index contributed by atoms with van der Waals surface area (Å²) in [6.45, 7) is 0. The second kappa shape index (κ2) is 5.05. The average Bonchev–Trinajstić information content (AvgIpc) is 2.33. The smallest absolute Gasteiger partial charge is 0.167 e. The number of rotatable bonds is 2. The van der Waals surface area contributed by atoms with Gasteiger partial charge in [-0.15, -0.1) is 0 Å². The number of nitrogens with zero attached hydrogens (tertiary/aromatic N) is 1. The maximum atomic E-state index is 13.5. The number of anilines is 1. The Morgan fingerprint density at radius 2 is 2.12 bits per heavy atom. The number of nitrogen functional groups attached to an aromatic ring is 1. The van der Waals surface area contributed by atoms with Crippen LogP contribution in [0.3, 0.4) is 0 Å². The van der Waals surface area contributed by atoms with E-state index in [-0.39, 0.29) is 17.8 Å². The summed E-state index contributed by atoms with van der Waals surface area (Å²) in [5.41, 5.74) is 5.84. The Balaban J connectivity index is 2.11. The molecular weight excluding hydrogens is 219 g/mol. The van der Waals surface area contributed by atoms with Gasteiger partial charge in [-0.2, -0.15) is 5.26 Å². The first kappa shape index (κ1) is 11.7. The second-order valence-corrected chi connectivity index (χ2v) is 4.37. The number of hydrogen-bond acceptors (Lipinski definition) is 3. The third-order valence-electron chi connectivity index (χ3n) is 3.10. The first-order valence-electron chi connectivity index (χ1n) is 5.82. The molecular formula is C13H15FN2O. The van der Waals surface area contributed by atoms with Gasteiger partial charge < -0.3 is 10.5 Å². The molecule has 1 fully saturated rings. The molecule has 4 heteroatoms. The fourth-order valence-corrected chi connectivity index (χ4v) is 2.16. The molecule has 2 atom stereocenters. The van der Waals surface area contributed by atoms with Crippen LogP contribution in [0.5, 0.6) is 5.75 Å². The number of nitrogens with two attached hydrogens (primary N) is 1. The monoisotopic (exact) mass is 234 g/mol. The van der Waals surface area contributed by atoms with Crippen LogP contribution < -0.4 is 10.5 Å². The molecule has 90 valence electrons. The van der Waals surface area contributed by atoms with Crippen LogP contribution in [0.1, 0.15) is 25.7 Å². The lowest BCUT2D eigenvalue weighted by Gasteiger charge is -2.27. The van der Waals surface area contributed by atoms with E-state index in [1.165, 1.54) is 12.1 Å². The van der Waals surface area contributed by atoms with Gasteiger partial charge in [0.1, 0.15) is 6.10 Å². The fraction of sp³-hybridized carbons (Fsp3) is 0.462. The van der Waals surface area contributed by atoms with Gasteiger partial charge in [-0.3, -0.25) is 0 Å². The van der Waals surface area contributed by atoms with E-state index in [0.717, 1.165) is 25.7 Å². The fourth-order valence-electron chi connectivity index (χ4n) is 2.16. The maximum Gasteiger partial charge on any atom is 0.167 e. The maximum absolute atomic E-state index is 13.5. The molecule has 1 aromatic rings. The Hall–Kier alpha value is -1.76. The van der Waals surface area contributed by atoms with Crippen molar-refractivity contribution in [2.24, 2.45) is 5.92 Å². The van der Waals surface area contributed by atoms with E-state index in [2.05, 4.69) is 6.07 Å². The molecule has 0 bridgehead atoms. The molecule has 0 spiro atoms. The molecule has 1 aliphatic rings. The Morgan fingerprint density at radius 3 is 2.82 bits per heavy atom. The Bertz CT molecular complexity index is 442. The third kappa shape index (κ3) is 2.68. The normalized spacial score (nSPS) is 24.0. The number of ether oxygens (including phenoxy) is 1. The lowest BCUT2D eigenvalue weighted by Crippen LogP contribution is -2.29. The minimum absolute atomic E-state index is 0.138. The van der Waals surface area contributed by atoms with E-state index in [4.69, 9.17) is 15.7 Å². The van der Waals surface area contributed by atoms with Crippen molar-refractivity contribution in [1.82, 2.24) is 0 Å². The van der Waals surface area contributed by atoms with Crippen LogP contribution in [0.15, 0.2) is 18.2 Å². The number of nitriles is 1. The van der Waals surface area contributed by atoms with Gasteiger partial charge in [-0.25, -0.2) is 4.39 Å². The van der Waals surface area contributed by atoms with Gasteiger partial charge in [-0.1, -0.05) is 6.42 Å². The molecule has 0 heterocycles. The molecule has 2 N–H and O–H groups in total. The molecule has 0 aliphatic heterocycles. The first-order valence-corrected chi connectivity index (χ1v) is 5.82. The minimum Gasteiger partial charge on any atom is -0.486 e. The third-order valence-corrected chi connectivity index (χ3v) is 3.10. The Kier molecular flexibility index (Phi) is 3.48. The van der Waals surface area contributed by atoms with Crippen molar-refractivity contribution in [2.45, 2.75) is 31.8 Å². The topological polar surface area (TPSA) is 59.0 Å². The highest BCUT2D eigenvalue weighted by molar-refractivity contribution is 5.42. The van der Waals surface area contributed by atoms with Crippen LogP contribution in [0.4, 0.5) is 10.1 Å². The minimum atomic E-state index is -0.465. The summed E-state index contributed by atoms with van der Waals surface area (Å²) in [5.74, 6) is -0.417. The Morgan fingerprint density at radius 1 is 1.35 bits per heavy atom. The summed E-state index contributed by atoms with van der Waals surface area (Å²) in [6, 6.07) is 6.59. The zero-order valence-electron chi connectivity index (χ0n) is 9.53. The number of halogens is 1. The first-order chi connectivity index (χ1) is 8.20. The summed E-state index contributed by atoms with van der Waals surface area (Å²) in [5, 5.41) is 9.01. The van der Waals surface area contributed by atoms with E-state index in [9.17, 15) is 4.39 Å². The molecule has 2 rings (SSSR count). The molecule has 1 saturated carbocycles. The van der Waals surface area contributed by atoms with E-state index < -0.39 is 5.82 Å². The largest absolute Gasteiger partial charge is 0.486 e. The van der Waals surface area contributed by atoms with Gasteiger partial charge in [0.15, 0.2) is 11.6 Å². The number of hydrogen-bond donors (Lipinski definition) is 1. The zero-order valence-corrected chi connectivity index (χ0v) is 9.53. The van der Waals surface area contributed by atoms with Gasteiger partial charge in [0.25, 0.3) is 0 Å². The van der Waals surface area contributed by atoms with Crippen LogP contribution >= 0.6 is 0 Å². The van der Waals surface area contributed by atoms with Gasteiger partial charge in [0, 0.05) is 11.8 Å². The average molecular weight is 234 g/mol. The van der Waals surface area contributed by atoms with E-state index in [1.807, 2.05) is 0 Å². The molecule has 2 unspecified atom stereocenters. The summed E-state index contributed by atoms with van der Waals surface area (Å²) in [4.78, 5) is 0. The molecule has 0 aromatic heterocycles. The lowest BCUT2D eigenvalue weighted by molar-refractivity contribution is 0.115. The number of benzene rings is 1. The van der Waals surface area contributed by atoms with Crippen molar-refractivity contribution in [2.75, 3.05) is 5.73 Å². The summed E-state index contributed by atoms with van der Waals surface area (Å²) in [6.07, 6.45) is 3.51. The van der Waals surface area contributed by atoms with Crippen molar-refractivity contribution >= 4 is 5.69 Å². The van der Waals surface area contributed by atoms with Crippen LogP contribution in [0, 0.1) is 23.1 Å². The van der Waals surface area contributed by atoms with Gasteiger partial charge in [0.05, 0.1) is 12.0 Å². The van der Waals surface area contributed by atoms with Crippen molar-refractivity contribution in [3.63, 3.8) is 0 Å². The molecule has 3 nitrogen and oxygen atoms in total. The van der Waals surface area contributed by atoms with Crippen molar-refractivity contribution in [3.05, 3.63) is 24.0 Å². The summed E-state index contributed by atoms with van der Waals surface area (Å²) < 4.78 is 19.1. The lowest BCUT2D eigenvalue weighted by atomic mass is 9.87. The molecule has 0 radical (unpaired) electrons. The zero-order chi connectivity index (χ0) is 12.3. The molecule has 0 amide bonds.